The van der Waals surface area contributed by atoms with Gasteiger partial charge in [0.2, 0.25) is 5.75 Å². The Morgan fingerprint density at radius 2 is 1.91 bits per heavy atom. The average Bonchev–Trinajstić information content (AvgIpc) is 2.77. The van der Waals surface area contributed by atoms with E-state index in [0.29, 0.717) is 0 Å². The normalized spacial score (nSPS) is 15.5. The summed E-state index contributed by atoms with van der Waals surface area (Å²) in [6.45, 7) is 5.06. The Bertz CT molecular complexity index is 1100. The van der Waals surface area contributed by atoms with Gasteiger partial charge in [-0.05, 0) is 38.0 Å². The summed E-state index contributed by atoms with van der Waals surface area (Å²) in [5.41, 5.74) is 1.13. The number of allylic oxidation sites excluding steroid dienone is 1. The highest BCUT2D eigenvalue weighted by atomic mass is 16.6. The number of rotatable bonds is 8. The third-order valence-electron chi connectivity index (χ3n) is 4.86. The van der Waals surface area contributed by atoms with E-state index in [1.165, 1.54) is 19.2 Å². The standard InChI is InChI=1S/C23H25N3O7/c1-13(2)33-21-17(26(29)30)10-16(11-18(21)31-4)20-19(14(3)24-23(28)25-20)22(27)32-12-15-8-6-5-7-9-15/h5-11,13,20H,12H2,1-4H3,(H2,24,25,28). The number of carbonyl (C=O) groups excluding carboxylic acids is 2. The van der Waals surface area contributed by atoms with Gasteiger partial charge in [0, 0.05) is 11.8 Å². The van der Waals surface area contributed by atoms with Crippen LogP contribution in [0, 0.1) is 10.1 Å². The van der Waals surface area contributed by atoms with Crippen LogP contribution >= 0.6 is 0 Å². The number of methoxy groups -OCH3 is 1. The number of ether oxygens (including phenoxy) is 3. The number of nitrogens with one attached hydrogen (secondary N) is 2. The van der Waals surface area contributed by atoms with Gasteiger partial charge in [0.25, 0.3) is 0 Å². The Balaban J connectivity index is 2.02. The monoisotopic (exact) mass is 455 g/mol. The first kappa shape index (κ1) is 23.6. The maximum absolute atomic E-state index is 13.0. The fraction of sp³-hybridized carbons (Fsp3) is 0.304. The third-order valence-corrected chi connectivity index (χ3v) is 4.86. The lowest BCUT2D eigenvalue weighted by molar-refractivity contribution is -0.386. The molecular weight excluding hydrogens is 430 g/mol. The van der Waals surface area contributed by atoms with Crippen LogP contribution < -0.4 is 20.1 Å². The summed E-state index contributed by atoms with van der Waals surface area (Å²) in [6.07, 6.45) is -0.340. The molecule has 0 fully saturated rings. The van der Waals surface area contributed by atoms with Crippen LogP contribution in [0.1, 0.15) is 37.9 Å². The van der Waals surface area contributed by atoms with Crippen LogP contribution in [0.4, 0.5) is 10.5 Å². The Morgan fingerprint density at radius 1 is 1.21 bits per heavy atom. The van der Waals surface area contributed by atoms with Crippen LogP contribution in [0.3, 0.4) is 0 Å². The fourth-order valence-corrected chi connectivity index (χ4v) is 3.43. The van der Waals surface area contributed by atoms with Gasteiger partial charge in [0.1, 0.15) is 6.61 Å². The van der Waals surface area contributed by atoms with Gasteiger partial charge in [-0.3, -0.25) is 10.1 Å². The predicted octanol–water partition coefficient (Wildman–Crippen LogP) is 3.76. The number of esters is 1. The van der Waals surface area contributed by atoms with Gasteiger partial charge in [-0.2, -0.15) is 0 Å². The van der Waals surface area contributed by atoms with E-state index in [-0.39, 0.29) is 46.7 Å². The number of amides is 2. The summed E-state index contributed by atoms with van der Waals surface area (Å²) in [5.74, 6) is -0.594. The SMILES string of the molecule is COc1cc(C2NC(=O)NC(C)=C2C(=O)OCc2ccccc2)cc([N+](=O)[O-])c1OC(C)C. The Kier molecular flexibility index (Phi) is 7.17. The van der Waals surface area contributed by atoms with Crippen molar-refractivity contribution in [2.24, 2.45) is 0 Å². The highest BCUT2D eigenvalue weighted by Crippen LogP contribution is 2.42. The molecule has 0 aromatic heterocycles. The van der Waals surface area contributed by atoms with Gasteiger partial charge < -0.3 is 24.8 Å². The van der Waals surface area contributed by atoms with E-state index in [2.05, 4.69) is 10.6 Å². The van der Waals surface area contributed by atoms with E-state index in [0.717, 1.165) is 5.56 Å². The van der Waals surface area contributed by atoms with Crippen molar-refractivity contribution in [3.8, 4) is 11.5 Å². The second-order valence-corrected chi connectivity index (χ2v) is 7.63. The molecule has 3 rings (SSSR count). The molecule has 2 N–H and O–H groups in total. The van der Waals surface area contributed by atoms with Crippen LogP contribution in [-0.4, -0.2) is 30.1 Å². The fourth-order valence-electron chi connectivity index (χ4n) is 3.43. The van der Waals surface area contributed by atoms with E-state index in [4.69, 9.17) is 14.2 Å². The minimum atomic E-state index is -0.997. The molecule has 2 aromatic rings. The van der Waals surface area contributed by atoms with E-state index < -0.39 is 23.0 Å². The lowest BCUT2D eigenvalue weighted by atomic mass is 9.94. The molecule has 10 nitrogen and oxygen atoms in total. The molecule has 0 radical (unpaired) electrons. The van der Waals surface area contributed by atoms with Crippen molar-refractivity contribution in [1.82, 2.24) is 10.6 Å². The molecule has 1 atom stereocenters. The maximum atomic E-state index is 13.0. The number of hydrogen-bond donors (Lipinski definition) is 2. The molecule has 10 heteroatoms. The molecule has 1 aliphatic heterocycles. The number of hydrogen-bond acceptors (Lipinski definition) is 7. The average molecular weight is 455 g/mol. The van der Waals surface area contributed by atoms with Crippen LogP contribution in [0.5, 0.6) is 11.5 Å². The Labute approximate surface area is 190 Å². The number of nitro benzene ring substituents is 1. The predicted molar refractivity (Wildman–Crippen MR) is 119 cm³/mol. The molecule has 0 saturated heterocycles. The molecule has 0 saturated carbocycles. The van der Waals surface area contributed by atoms with Gasteiger partial charge >= 0.3 is 17.7 Å². The molecule has 0 bridgehead atoms. The van der Waals surface area contributed by atoms with Crippen LogP contribution in [-0.2, 0) is 16.1 Å². The van der Waals surface area contributed by atoms with Crippen molar-refractivity contribution in [2.45, 2.75) is 39.5 Å². The van der Waals surface area contributed by atoms with Crippen molar-refractivity contribution < 1.29 is 28.7 Å². The summed E-state index contributed by atoms with van der Waals surface area (Å²) >= 11 is 0. The lowest BCUT2D eigenvalue weighted by Crippen LogP contribution is -2.45. The second kappa shape index (κ2) is 10.0. The summed E-state index contributed by atoms with van der Waals surface area (Å²) < 4.78 is 16.4. The molecule has 0 spiro atoms. The topological polar surface area (TPSA) is 129 Å². The smallest absolute Gasteiger partial charge is 0.338 e. The number of benzene rings is 2. The minimum absolute atomic E-state index is 0.0295. The number of carbonyl (C=O) groups is 2. The largest absolute Gasteiger partial charge is 0.493 e. The lowest BCUT2D eigenvalue weighted by Gasteiger charge is -2.28. The summed E-state index contributed by atoms with van der Waals surface area (Å²) in [7, 11) is 1.35. The highest BCUT2D eigenvalue weighted by molar-refractivity contribution is 5.95. The molecule has 174 valence electrons. The van der Waals surface area contributed by atoms with Gasteiger partial charge in [0.15, 0.2) is 5.75 Å². The summed E-state index contributed by atoms with van der Waals surface area (Å²) in [6, 6.07) is 10.3. The Morgan fingerprint density at radius 3 is 2.52 bits per heavy atom. The zero-order chi connectivity index (χ0) is 24.1. The van der Waals surface area contributed by atoms with E-state index in [1.807, 2.05) is 30.3 Å². The zero-order valence-electron chi connectivity index (χ0n) is 18.7. The summed E-state index contributed by atoms with van der Waals surface area (Å²) in [4.78, 5) is 36.4. The van der Waals surface area contributed by atoms with Gasteiger partial charge in [-0.1, -0.05) is 30.3 Å². The molecule has 2 aromatic carbocycles. The molecule has 33 heavy (non-hydrogen) atoms. The second-order valence-electron chi connectivity index (χ2n) is 7.63. The van der Waals surface area contributed by atoms with Crippen LogP contribution in [0.2, 0.25) is 0 Å². The number of nitrogens with zero attached hydrogens (tertiary/aromatic N) is 1. The first-order valence-electron chi connectivity index (χ1n) is 10.2. The van der Waals surface area contributed by atoms with E-state index in [9.17, 15) is 19.7 Å². The highest BCUT2D eigenvalue weighted by Gasteiger charge is 2.35. The van der Waals surface area contributed by atoms with Crippen LogP contribution in [0.15, 0.2) is 53.7 Å². The summed E-state index contributed by atoms with van der Waals surface area (Å²) in [5, 5.41) is 17.0. The van der Waals surface area contributed by atoms with E-state index >= 15 is 0 Å². The third kappa shape index (κ3) is 5.40. The molecule has 2 amide bonds. The molecule has 0 aliphatic carbocycles. The van der Waals surface area contributed by atoms with Gasteiger partial charge in [0.05, 0.1) is 29.8 Å². The van der Waals surface area contributed by atoms with E-state index in [1.54, 1.807) is 20.8 Å². The minimum Gasteiger partial charge on any atom is -0.493 e. The Hall–Kier alpha value is -4.08. The van der Waals surface area contributed by atoms with Gasteiger partial charge in [-0.25, -0.2) is 9.59 Å². The van der Waals surface area contributed by atoms with Crippen molar-refractivity contribution in [2.75, 3.05) is 7.11 Å². The zero-order valence-corrected chi connectivity index (χ0v) is 18.7. The first-order valence-corrected chi connectivity index (χ1v) is 10.2. The van der Waals surface area contributed by atoms with Crippen molar-refractivity contribution >= 4 is 17.7 Å². The van der Waals surface area contributed by atoms with Gasteiger partial charge in [-0.15, -0.1) is 0 Å². The van der Waals surface area contributed by atoms with Crippen molar-refractivity contribution in [3.63, 3.8) is 0 Å². The van der Waals surface area contributed by atoms with Crippen LogP contribution in [0.25, 0.3) is 0 Å². The van der Waals surface area contributed by atoms with Crippen molar-refractivity contribution in [1.29, 1.82) is 0 Å². The first-order chi connectivity index (χ1) is 15.7. The molecular formula is C23H25N3O7. The quantitative estimate of drug-likeness (QED) is 0.352. The van der Waals surface area contributed by atoms with Crippen molar-refractivity contribution in [3.05, 3.63) is 75.0 Å². The molecule has 1 aliphatic rings. The maximum Gasteiger partial charge on any atom is 0.338 e. The molecule has 1 unspecified atom stereocenters. The number of nitro groups is 1. The number of urea groups is 1. The molecule has 1 heterocycles.